The van der Waals surface area contributed by atoms with Gasteiger partial charge in [0.15, 0.2) is 0 Å². The van der Waals surface area contributed by atoms with E-state index in [1.165, 1.54) is 0 Å². The van der Waals surface area contributed by atoms with E-state index in [0.717, 1.165) is 45.5 Å². The fourth-order valence-electron chi connectivity index (χ4n) is 3.06. The number of benzene rings is 2. The number of allylic oxidation sites excluding steroid dienone is 2. The Morgan fingerprint density at radius 2 is 1.92 bits per heavy atom. The normalized spacial score (nSPS) is 12.2. The van der Waals surface area contributed by atoms with Crippen LogP contribution in [0.2, 0.25) is 0 Å². The molecular weight excluding hydrogens is 387 g/mol. The van der Waals surface area contributed by atoms with E-state index in [4.69, 9.17) is 4.74 Å². The Morgan fingerprint density at radius 3 is 2.72 bits per heavy atom. The molecule has 0 amide bonds. The van der Waals surface area contributed by atoms with Crippen LogP contribution < -0.4 is 4.74 Å². The molecule has 4 heteroatoms. The largest absolute Gasteiger partial charge is 0.457 e. The van der Waals surface area contributed by atoms with Crippen molar-refractivity contribution in [3.8, 4) is 11.5 Å². The first-order valence-corrected chi connectivity index (χ1v) is 7.49. The molecule has 0 spiro atoms. The van der Waals surface area contributed by atoms with Crippen LogP contribution in [0.3, 0.4) is 0 Å². The second-order valence-electron chi connectivity index (χ2n) is 5.68. The summed E-state index contributed by atoms with van der Waals surface area (Å²) < 4.78 is 6.06. The molecule has 0 aliphatic heterocycles. The first kappa shape index (κ1) is 19.5. The first-order valence-electron chi connectivity index (χ1n) is 7.49. The number of carbonyl (C=O) groups excluding carboxylic acids is 1. The monoisotopic (exact) mass is 404 g/mol. The second-order valence-corrected chi connectivity index (χ2v) is 5.68. The average molecular weight is 404 g/mol. The third-order valence-electron chi connectivity index (χ3n) is 4.17. The zero-order valence-corrected chi connectivity index (χ0v) is 17.1. The van der Waals surface area contributed by atoms with Crippen LogP contribution in [0.25, 0.3) is 16.5 Å². The van der Waals surface area contributed by atoms with Gasteiger partial charge in [0.05, 0.1) is 11.8 Å². The molecule has 0 saturated heterocycles. The molecule has 1 radical (unpaired) electrons. The molecule has 25 heavy (non-hydrogen) atoms. The van der Waals surface area contributed by atoms with E-state index < -0.39 is 0 Å². The van der Waals surface area contributed by atoms with Gasteiger partial charge in [-0.3, -0.25) is 4.98 Å². The first-order chi connectivity index (χ1) is 11.3. The molecule has 1 heterocycles. The molecule has 1 aliphatic carbocycles. The van der Waals surface area contributed by atoms with Gasteiger partial charge < -0.3 is 17.0 Å². The van der Waals surface area contributed by atoms with Crippen LogP contribution in [-0.2, 0) is 43.9 Å². The van der Waals surface area contributed by atoms with E-state index in [9.17, 15) is 4.79 Å². The van der Waals surface area contributed by atoms with Gasteiger partial charge in [-0.05, 0) is 30.3 Å². The van der Waals surface area contributed by atoms with Crippen LogP contribution in [0.15, 0.2) is 60.3 Å². The molecule has 4 rings (SSSR count). The quantitative estimate of drug-likeness (QED) is 0.582. The smallest absolute Gasteiger partial charge is 0.138 e. The van der Waals surface area contributed by atoms with Crippen molar-refractivity contribution in [1.29, 1.82) is 0 Å². The number of para-hydroxylation sites is 1. The molecule has 3 nitrogen and oxygen atoms in total. The summed E-state index contributed by atoms with van der Waals surface area (Å²) in [5, 5.41) is 0.978. The molecule has 0 bridgehead atoms. The Morgan fingerprint density at radius 1 is 1.12 bits per heavy atom. The molecule has 1 aliphatic rings. The summed E-state index contributed by atoms with van der Waals surface area (Å²) in [7, 11) is 0. The van der Waals surface area contributed by atoms with Crippen molar-refractivity contribution in [2.45, 2.75) is 13.3 Å². The number of hydrogen-bond acceptors (Lipinski definition) is 3. The summed E-state index contributed by atoms with van der Waals surface area (Å²) in [6.07, 6.45) is 4.56. The van der Waals surface area contributed by atoms with E-state index in [1.807, 2.05) is 61.7 Å². The SMILES string of the molecule is CC1=C([C-]=O)c2ccc(Oc3ccnc4ccccc34)cc2C1.[CH3-].[Y]. The van der Waals surface area contributed by atoms with Gasteiger partial charge >= 0.3 is 0 Å². The van der Waals surface area contributed by atoms with Gasteiger partial charge in [-0.2, -0.15) is 5.57 Å². The second kappa shape index (κ2) is 8.03. The van der Waals surface area contributed by atoms with Gasteiger partial charge in [-0.1, -0.05) is 31.0 Å². The van der Waals surface area contributed by atoms with Crippen LogP contribution >= 0.6 is 0 Å². The Hall–Kier alpha value is -1.84. The van der Waals surface area contributed by atoms with Crippen LogP contribution in [0, 0.1) is 7.43 Å². The van der Waals surface area contributed by atoms with Crippen molar-refractivity contribution in [3.63, 3.8) is 0 Å². The van der Waals surface area contributed by atoms with Crippen molar-refractivity contribution in [2.24, 2.45) is 0 Å². The molecule has 123 valence electrons. The van der Waals surface area contributed by atoms with Crippen LogP contribution in [0.4, 0.5) is 0 Å². The molecule has 1 aromatic heterocycles. The predicted octanol–water partition coefficient (Wildman–Crippen LogP) is 4.91. The predicted molar refractivity (Wildman–Crippen MR) is 96.7 cm³/mol. The number of ether oxygens (including phenoxy) is 1. The minimum Gasteiger partial charge on any atom is -0.457 e. The molecule has 0 unspecified atom stereocenters. The number of fused-ring (bicyclic) bond motifs is 2. The fourth-order valence-corrected chi connectivity index (χ4v) is 3.06. The number of pyridine rings is 1. The molecule has 2 aromatic carbocycles. The van der Waals surface area contributed by atoms with E-state index in [2.05, 4.69) is 4.98 Å². The van der Waals surface area contributed by atoms with E-state index in [0.29, 0.717) is 5.57 Å². The summed E-state index contributed by atoms with van der Waals surface area (Å²) in [6, 6.07) is 15.6. The fraction of sp³-hybridized carbons (Fsp3) is 0.0952. The third kappa shape index (κ3) is 3.58. The van der Waals surface area contributed by atoms with E-state index in [1.54, 1.807) is 6.20 Å². The molecular formula is C21H17NO2Y-2. The molecule has 0 atom stereocenters. The number of nitrogens with zero attached hydrogens (tertiary/aromatic N) is 1. The Bertz CT molecular complexity index is 958. The standard InChI is InChI=1S/C20H14NO2.CH3.Y/c1-13-10-14-11-15(6-7-16(14)18(13)12-22)23-20-8-9-21-19-5-3-2-4-17(19)20;;/h2-9,11H,10H2,1H3;1H3;/q2*-1;. The van der Waals surface area contributed by atoms with E-state index >= 15 is 0 Å². The Balaban J connectivity index is 0.00000113. The number of rotatable bonds is 3. The maximum atomic E-state index is 11.1. The molecule has 0 fully saturated rings. The van der Waals surface area contributed by atoms with Gasteiger partial charge in [0.2, 0.25) is 0 Å². The number of aromatic nitrogens is 1. The minimum atomic E-state index is 0. The molecule has 0 saturated carbocycles. The Labute approximate surface area is 173 Å². The van der Waals surface area contributed by atoms with Crippen molar-refractivity contribution < 1.29 is 42.2 Å². The van der Waals surface area contributed by atoms with Crippen LogP contribution in [0.5, 0.6) is 11.5 Å². The van der Waals surface area contributed by atoms with E-state index in [-0.39, 0.29) is 40.1 Å². The average Bonchev–Trinajstić information content (AvgIpc) is 2.89. The van der Waals surface area contributed by atoms with Gasteiger partial charge in [-0.25, -0.2) is 0 Å². The van der Waals surface area contributed by atoms with Crippen LogP contribution in [-0.4, -0.2) is 11.3 Å². The maximum absolute atomic E-state index is 11.1. The summed E-state index contributed by atoms with van der Waals surface area (Å²) in [4.78, 5) is 15.4. The number of hydrogen-bond donors (Lipinski definition) is 0. The van der Waals surface area contributed by atoms with Crippen molar-refractivity contribution in [1.82, 2.24) is 4.98 Å². The zero-order chi connectivity index (χ0) is 15.8. The van der Waals surface area contributed by atoms with Crippen molar-refractivity contribution >= 4 is 22.8 Å². The van der Waals surface area contributed by atoms with Crippen molar-refractivity contribution in [3.05, 3.63) is 78.9 Å². The maximum Gasteiger partial charge on any atom is 0.138 e. The van der Waals surface area contributed by atoms with Gasteiger partial charge in [0.1, 0.15) is 11.5 Å². The summed E-state index contributed by atoms with van der Waals surface area (Å²) in [6.45, 7) is 1.97. The topological polar surface area (TPSA) is 39.2 Å². The molecule has 3 aromatic rings. The van der Waals surface area contributed by atoms with Crippen molar-refractivity contribution in [2.75, 3.05) is 0 Å². The van der Waals surface area contributed by atoms with Crippen LogP contribution in [0.1, 0.15) is 18.1 Å². The summed E-state index contributed by atoms with van der Waals surface area (Å²) in [5.74, 6) is 1.54. The van der Waals surface area contributed by atoms with Gasteiger partial charge in [0, 0.05) is 44.3 Å². The van der Waals surface area contributed by atoms with Gasteiger partial charge in [-0.15, -0.1) is 17.2 Å². The molecule has 0 N–H and O–H groups in total. The third-order valence-corrected chi connectivity index (χ3v) is 4.17. The zero-order valence-electron chi connectivity index (χ0n) is 14.2. The Kier molecular flexibility index (Phi) is 6.26. The summed E-state index contributed by atoms with van der Waals surface area (Å²) in [5.41, 5.74) is 4.71. The van der Waals surface area contributed by atoms with Gasteiger partial charge in [0.25, 0.3) is 0 Å². The minimum absolute atomic E-state index is 0. The summed E-state index contributed by atoms with van der Waals surface area (Å²) >= 11 is 0.